The van der Waals surface area contributed by atoms with Crippen LogP contribution in [0.3, 0.4) is 0 Å². The molecule has 0 fully saturated rings. The highest BCUT2D eigenvalue weighted by Gasteiger charge is 2.28. The summed E-state index contributed by atoms with van der Waals surface area (Å²) in [6.45, 7) is 4.07. The molecule has 0 aliphatic heterocycles. The first-order chi connectivity index (χ1) is 32.0. The van der Waals surface area contributed by atoms with Gasteiger partial charge in [-0.15, -0.1) is 0 Å². The molecule has 0 rings (SSSR count). The lowest BCUT2D eigenvalue weighted by atomic mass is 10.00. The van der Waals surface area contributed by atoms with E-state index in [0.717, 1.165) is 44.9 Å². The molecule has 0 saturated heterocycles. The molecule has 65 heavy (non-hydrogen) atoms. The summed E-state index contributed by atoms with van der Waals surface area (Å²) in [5.41, 5.74) is 0. The third kappa shape index (κ3) is 47.4. The van der Waals surface area contributed by atoms with Gasteiger partial charge in [-0.3, -0.25) is 4.79 Å². The van der Waals surface area contributed by atoms with E-state index in [1.54, 1.807) is 0 Å². The predicted octanol–water partition coefficient (Wildman–Crippen LogP) is 16.8. The van der Waals surface area contributed by atoms with Crippen molar-refractivity contribution in [3.8, 4) is 0 Å². The minimum absolute atomic E-state index is 0.362. The SMILES string of the molecule is CCCCCCCCCCC/C=C\C/C=C\CCCCCCCCCCCCCCC(O)C(=O)NC(CO)C(O)C(O)CCC/C=C/CCCCCCCCCCCCCCCCCC. The summed E-state index contributed by atoms with van der Waals surface area (Å²) in [6, 6.07) is -1.00. The van der Waals surface area contributed by atoms with Crippen LogP contribution in [0.25, 0.3) is 0 Å². The maximum Gasteiger partial charge on any atom is 0.249 e. The second-order valence-corrected chi connectivity index (χ2v) is 20.0. The van der Waals surface area contributed by atoms with Gasteiger partial charge in [0.1, 0.15) is 12.2 Å². The number of hydrogen-bond acceptors (Lipinski definition) is 5. The molecule has 6 nitrogen and oxygen atoms in total. The normalized spacial score (nSPS) is 14.0. The number of hydrogen-bond donors (Lipinski definition) is 5. The van der Waals surface area contributed by atoms with Gasteiger partial charge in [-0.05, 0) is 70.6 Å². The molecule has 4 unspecified atom stereocenters. The Bertz CT molecular complexity index is 1030. The zero-order valence-corrected chi connectivity index (χ0v) is 43.5. The lowest BCUT2D eigenvalue weighted by molar-refractivity contribution is -0.132. The molecule has 0 aromatic heterocycles. The van der Waals surface area contributed by atoms with Crippen LogP contribution in [0.1, 0.15) is 303 Å². The smallest absolute Gasteiger partial charge is 0.249 e. The zero-order chi connectivity index (χ0) is 47.4. The number of carbonyl (C=O) groups is 1. The topological polar surface area (TPSA) is 110 Å². The molecule has 0 aliphatic rings. The fourth-order valence-corrected chi connectivity index (χ4v) is 9.03. The molecular weight excluding hydrogens is 803 g/mol. The summed E-state index contributed by atoms with van der Waals surface area (Å²) >= 11 is 0. The van der Waals surface area contributed by atoms with Crippen molar-refractivity contribution in [3.63, 3.8) is 0 Å². The largest absolute Gasteiger partial charge is 0.394 e. The molecule has 0 aromatic carbocycles. The van der Waals surface area contributed by atoms with Gasteiger partial charge in [0.2, 0.25) is 5.91 Å². The molecule has 0 heterocycles. The molecule has 5 N–H and O–H groups in total. The van der Waals surface area contributed by atoms with Crippen molar-refractivity contribution in [2.45, 2.75) is 327 Å². The van der Waals surface area contributed by atoms with Crippen molar-refractivity contribution in [1.82, 2.24) is 5.32 Å². The summed E-state index contributed by atoms with van der Waals surface area (Å²) < 4.78 is 0. The summed E-state index contributed by atoms with van der Waals surface area (Å²) in [5, 5.41) is 44.0. The van der Waals surface area contributed by atoms with Gasteiger partial charge < -0.3 is 25.7 Å². The first-order valence-corrected chi connectivity index (χ1v) is 28.9. The molecule has 0 radical (unpaired) electrons. The minimum atomic E-state index is -1.28. The zero-order valence-electron chi connectivity index (χ0n) is 43.5. The Morgan fingerprint density at radius 3 is 1.02 bits per heavy atom. The lowest BCUT2D eigenvalue weighted by Crippen LogP contribution is -2.53. The van der Waals surface area contributed by atoms with Gasteiger partial charge in [0.05, 0.1) is 18.8 Å². The van der Waals surface area contributed by atoms with E-state index in [1.165, 1.54) is 231 Å². The number of nitrogens with one attached hydrogen (secondary N) is 1. The van der Waals surface area contributed by atoms with E-state index in [4.69, 9.17) is 0 Å². The fourth-order valence-electron chi connectivity index (χ4n) is 9.03. The van der Waals surface area contributed by atoms with Crippen LogP contribution in [0.5, 0.6) is 0 Å². The average Bonchev–Trinajstić information content (AvgIpc) is 3.31. The lowest BCUT2D eigenvalue weighted by Gasteiger charge is -2.27. The number of rotatable bonds is 53. The van der Waals surface area contributed by atoms with Crippen LogP contribution in [-0.2, 0) is 4.79 Å². The van der Waals surface area contributed by atoms with Crippen molar-refractivity contribution in [1.29, 1.82) is 0 Å². The second-order valence-electron chi connectivity index (χ2n) is 20.0. The minimum Gasteiger partial charge on any atom is -0.394 e. The fraction of sp³-hybridized carbons (Fsp3) is 0.881. The Labute approximate surface area is 405 Å². The van der Waals surface area contributed by atoms with E-state index in [1.807, 2.05) is 0 Å². The van der Waals surface area contributed by atoms with Crippen molar-refractivity contribution in [2.24, 2.45) is 0 Å². The quantitative estimate of drug-likeness (QED) is 0.0308. The van der Waals surface area contributed by atoms with Gasteiger partial charge in [0.25, 0.3) is 0 Å². The molecule has 6 heteroatoms. The monoisotopic (exact) mass is 916 g/mol. The number of allylic oxidation sites excluding steroid dienone is 6. The van der Waals surface area contributed by atoms with Crippen LogP contribution in [-0.4, -0.2) is 57.3 Å². The van der Waals surface area contributed by atoms with Crippen LogP contribution in [0.4, 0.5) is 0 Å². The Morgan fingerprint density at radius 2 is 0.677 bits per heavy atom. The highest BCUT2D eigenvalue weighted by molar-refractivity contribution is 5.80. The molecule has 1 amide bonds. The molecular formula is C59H113NO5. The average molecular weight is 917 g/mol. The standard InChI is InChI=1S/C59H113NO5/c1-3-5-7-9-11-13-15-17-19-21-23-25-26-27-28-29-30-31-33-35-37-39-41-43-45-47-49-51-53-57(63)59(65)60-55(54-61)58(64)56(62)52-50-48-46-44-42-40-38-36-34-32-24-22-20-18-16-14-12-10-8-6-4-2/h23,25,27-28,44,46,55-58,61-64H,3-22,24,26,29-43,45,47-54H2,1-2H3,(H,60,65)/b25-23-,28-27-,46-44+. The Kier molecular flexibility index (Phi) is 52.3. The van der Waals surface area contributed by atoms with Crippen LogP contribution in [0.2, 0.25) is 0 Å². The number of unbranched alkanes of at least 4 members (excludes halogenated alkanes) is 38. The van der Waals surface area contributed by atoms with E-state index < -0.39 is 36.9 Å². The maximum atomic E-state index is 12.6. The van der Waals surface area contributed by atoms with E-state index in [0.29, 0.717) is 12.8 Å². The van der Waals surface area contributed by atoms with Gasteiger partial charge in [-0.2, -0.15) is 0 Å². The molecule has 0 aliphatic carbocycles. The first kappa shape index (κ1) is 63.5. The van der Waals surface area contributed by atoms with Crippen LogP contribution >= 0.6 is 0 Å². The molecule has 384 valence electrons. The van der Waals surface area contributed by atoms with E-state index in [2.05, 4.69) is 55.6 Å². The van der Waals surface area contributed by atoms with Gasteiger partial charge >= 0.3 is 0 Å². The highest BCUT2D eigenvalue weighted by atomic mass is 16.3. The van der Waals surface area contributed by atoms with Gasteiger partial charge in [0.15, 0.2) is 0 Å². The van der Waals surface area contributed by atoms with Crippen molar-refractivity contribution < 1.29 is 25.2 Å². The van der Waals surface area contributed by atoms with Gasteiger partial charge in [-0.25, -0.2) is 0 Å². The maximum absolute atomic E-state index is 12.6. The van der Waals surface area contributed by atoms with Crippen LogP contribution < -0.4 is 5.32 Å². The first-order valence-electron chi connectivity index (χ1n) is 28.9. The predicted molar refractivity (Wildman–Crippen MR) is 284 cm³/mol. The van der Waals surface area contributed by atoms with Crippen molar-refractivity contribution in [3.05, 3.63) is 36.5 Å². The highest BCUT2D eigenvalue weighted by Crippen LogP contribution is 2.17. The summed E-state index contributed by atoms with van der Waals surface area (Å²) in [5.74, 6) is -0.591. The van der Waals surface area contributed by atoms with E-state index in [9.17, 15) is 25.2 Å². The Balaban J connectivity index is 3.65. The van der Waals surface area contributed by atoms with E-state index >= 15 is 0 Å². The summed E-state index contributed by atoms with van der Waals surface area (Å²) in [7, 11) is 0. The molecule has 0 spiro atoms. The molecule has 0 bridgehead atoms. The molecule has 4 atom stereocenters. The van der Waals surface area contributed by atoms with Gasteiger partial charge in [0, 0.05) is 0 Å². The van der Waals surface area contributed by atoms with Crippen molar-refractivity contribution >= 4 is 5.91 Å². The van der Waals surface area contributed by atoms with Crippen molar-refractivity contribution in [2.75, 3.05) is 6.61 Å². The summed E-state index contributed by atoms with van der Waals surface area (Å²) in [4.78, 5) is 12.6. The number of aliphatic hydroxyl groups excluding tert-OH is 4. The number of amides is 1. The molecule has 0 saturated carbocycles. The van der Waals surface area contributed by atoms with Crippen LogP contribution in [0, 0.1) is 0 Å². The Morgan fingerprint density at radius 1 is 0.385 bits per heavy atom. The van der Waals surface area contributed by atoms with E-state index in [-0.39, 0.29) is 0 Å². The number of aliphatic hydroxyl groups is 4. The summed E-state index contributed by atoms with van der Waals surface area (Å²) in [6.07, 6.45) is 66.4. The second kappa shape index (κ2) is 53.5. The third-order valence-corrected chi connectivity index (χ3v) is 13.6. The van der Waals surface area contributed by atoms with Crippen LogP contribution in [0.15, 0.2) is 36.5 Å². The Hall–Kier alpha value is -1.47. The third-order valence-electron chi connectivity index (χ3n) is 13.6. The number of carbonyl (C=O) groups excluding carboxylic acids is 1. The molecule has 0 aromatic rings. The van der Waals surface area contributed by atoms with Gasteiger partial charge in [-0.1, -0.05) is 269 Å².